The van der Waals surface area contributed by atoms with E-state index >= 15 is 0 Å². The standard InChI is InChI=1S/C48H24O5/c1-3-7-39-29(5-1)35-21-47-37(23-45(35)50-39)33-19-27(11-15-43(33)52-47)25-9-13-41-31(17-25)32-18-26(10-14-42(32)49-41)28-12-16-44-34(20-28)38-24-46-36(22-48(38)53-44)30-6-2-4-8-40(30)51-46/h1-24H. The molecule has 5 nitrogen and oxygen atoms in total. The molecule has 13 rings (SSSR count). The molecular formula is C48H24O5. The summed E-state index contributed by atoms with van der Waals surface area (Å²) in [5.74, 6) is 0. The molecule has 13 aromatic rings. The van der Waals surface area contributed by atoms with E-state index in [-0.39, 0.29) is 0 Å². The number of rotatable bonds is 2. The fraction of sp³-hybridized carbons (Fsp3) is 0. The molecular weight excluding hydrogens is 657 g/mol. The number of fused-ring (bicyclic) bond motifs is 15. The molecule has 8 aromatic carbocycles. The Morgan fingerprint density at radius 3 is 0.774 bits per heavy atom. The second-order valence-electron chi connectivity index (χ2n) is 14.0. The average molecular weight is 681 g/mol. The summed E-state index contributed by atoms with van der Waals surface area (Å²) in [6.45, 7) is 0. The Balaban J connectivity index is 0.928. The van der Waals surface area contributed by atoms with Crippen molar-refractivity contribution in [2.45, 2.75) is 0 Å². The van der Waals surface area contributed by atoms with Gasteiger partial charge in [0.2, 0.25) is 0 Å². The zero-order valence-electron chi connectivity index (χ0n) is 27.9. The quantitative estimate of drug-likeness (QED) is 0.182. The van der Waals surface area contributed by atoms with Gasteiger partial charge < -0.3 is 22.1 Å². The zero-order valence-corrected chi connectivity index (χ0v) is 27.9. The number of hydrogen-bond acceptors (Lipinski definition) is 5. The normalized spacial score (nSPS) is 12.5. The van der Waals surface area contributed by atoms with Crippen LogP contribution in [-0.2, 0) is 0 Å². The second kappa shape index (κ2) is 9.75. The molecule has 0 amide bonds. The predicted octanol–water partition coefficient (Wildman–Crippen LogP) is 14.5. The van der Waals surface area contributed by atoms with Gasteiger partial charge in [-0.2, -0.15) is 0 Å². The number of hydrogen-bond donors (Lipinski definition) is 0. The fourth-order valence-electron chi connectivity index (χ4n) is 8.48. The third-order valence-corrected chi connectivity index (χ3v) is 11.1. The van der Waals surface area contributed by atoms with Gasteiger partial charge in [-0.1, -0.05) is 60.7 Å². The van der Waals surface area contributed by atoms with Crippen LogP contribution in [0.1, 0.15) is 0 Å². The summed E-state index contributed by atoms with van der Waals surface area (Å²) in [5, 5.41) is 10.6. The summed E-state index contributed by atoms with van der Waals surface area (Å²) in [7, 11) is 0. The topological polar surface area (TPSA) is 65.7 Å². The van der Waals surface area contributed by atoms with Crippen LogP contribution < -0.4 is 0 Å². The van der Waals surface area contributed by atoms with Gasteiger partial charge >= 0.3 is 0 Å². The molecule has 5 aromatic heterocycles. The molecule has 53 heavy (non-hydrogen) atoms. The molecule has 0 saturated carbocycles. The largest absolute Gasteiger partial charge is 0.456 e. The van der Waals surface area contributed by atoms with Crippen molar-refractivity contribution in [1.29, 1.82) is 0 Å². The average Bonchev–Trinajstić information content (AvgIpc) is 4.01. The molecule has 0 N–H and O–H groups in total. The highest BCUT2D eigenvalue weighted by Crippen LogP contribution is 2.41. The Morgan fingerprint density at radius 2 is 0.434 bits per heavy atom. The fourth-order valence-corrected chi connectivity index (χ4v) is 8.48. The molecule has 5 heterocycles. The van der Waals surface area contributed by atoms with Crippen molar-refractivity contribution in [3.05, 3.63) is 146 Å². The van der Waals surface area contributed by atoms with Crippen molar-refractivity contribution in [1.82, 2.24) is 0 Å². The van der Waals surface area contributed by atoms with Gasteiger partial charge in [-0.25, -0.2) is 0 Å². The van der Waals surface area contributed by atoms with Crippen LogP contribution in [0.2, 0.25) is 0 Å². The maximum atomic E-state index is 6.35. The summed E-state index contributed by atoms with van der Waals surface area (Å²) in [4.78, 5) is 0. The van der Waals surface area contributed by atoms with Crippen LogP contribution >= 0.6 is 0 Å². The lowest BCUT2D eigenvalue weighted by Crippen LogP contribution is -1.79. The molecule has 246 valence electrons. The lowest BCUT2D eigenvalue weighted by Gasteiger charge is -2.04. The predicted molar refractivity (Wildman–Crippen MR) is 214 cm³/mol. The molecule has 0 radical (unpaired) electrons. The first kappa shape index (κ1) is 27.5. The van der Waals surface area contributed by atoms with Gasteiger partial charge in [0.15, 0.2) is 0 Å². The second-order valence-corrected chi connectivity index (χ2v) is 14.0. The number of furan rings is 5. The number of benzene rings is 8. The Morgan fingerprint density at radius 1 is 0.189 bits per heavy atom. The molecule has 0 unspecified atom stereocenters. The van der Waals surface area contributed by atoms with E-state index in [1.165, 1.54) is 0 Å². The van der Waals surface area contributed by atoms with Crippen molar-refractivity contribution in [3.8, 4) is 22.3 Å². The summed E-state index contributed by atoms with van der Waals surface area (Å²) in [5.41, 5.74) is 13.0. The molecule has 5 heteroatoms. The highest BCUT2D eigenvalue weighted by molar-refractivity contribution is 6.17. The van der Waals surface area contributed by atoms with E-state index in [0.717, 1.165) is 132 Å². The van der Waals surface area contributed by atoms with Crippen LogP contribution in [0.4, 0.5) is 0 Å². The highest BCUT2D eigenvalue weighted by Gasteiger charge is 2.17. The van der Waals surface area contributed by atoms with Crippen molar-refractivity contribution in [2.75, 3.05) is 0 Å². The van der Waals surface area contributed by atoms with Crippen molar-refractivity contribution < 1.29 is 22.1 Å². The van der Waals surface area contributed by atoms with E-state index in [2.05, 4.69) is 109 Å². The molecule has 0 aliphatic heterocycles. The third-order valence-electron chi connectivity index (χ3n) is 11.1. The molecule has 0 saturated heterocycles. The van der Waals surface area contributed by atoms with Gasteiger partial charge in [-0.05, 0) is 107 Å². The van der Waals surface area contributed by atoms with Crippen molar-refractivity contribution in [3.63, 3.8) is 0 Å². The Kier molecular flexibility index (Phi) is 5.06. The van der Waals surface area contributed by atoms with Crippen LogP contribution in [0.15, 0.2) is 168 Å². The molecule has 0 aliphatic rings. The Hall–Kier alpha value is -7.24. The highest BCUT2D eigenvalue weighted by atomic mass is 16.3. The molecule has 0 aliphatic carbocycles. The minimum absolute atomic E-state index is 0.851. The summed E-state index contributed by atoms with van der Waals surface area (Å²) < 4.78 is 31.5. The van der Waals surface area contributed by atoms with Crippen molar-refractivity contribution >= 4 is 110 Å². The molecule has 0 atom stereocenters. The summed E-state index contributed by atoms with van der Waals surface area (Å²) in [6.07, 6.45) is 0. The van der Waals surface area contributed by atoms with E-state index < -0.39 is 0 Å². The SMILES string of the molecule is c1ccc2c(c1)oc1cc3c(cc12)oc1ccc(-c2ccc4oc5ccc(-c6ccc7oc8cc9c(cc8c7c6)oc6ccccc69)cc5c4c2)cc13. The first-order valence-electron chi connectivity index (χ1n) is 17.7. The summed E-state index contributed by atoms with van der Waals surface area (Å²) in [6, 6.07) is 50.4. The van der Waals surface area contributed by atoms with Crippen molar-refractivity contribution in [2.24, 2.45) is 0 Å². The van der Waals surface area contributed by atoms with Gasteiger partial charge in [0.25, 0.3) is 0 Å². The monoisotopic (exact) mass is 680 g/mol. The maximum absolute atomic E-state index is 6.35. The van der Waals surface area contributed by atoms with E-state index in [1.54, 1.807) is 0 Å². The van der Waals surface area contributed by atoms with E-state index in [1.807, 2.05) is 36.4 Å². The van der Waals surface area contributed by atoms with E-state index in [0.29, 0.717) is 0 Å². The van der Waals surface area contributed by atoms with Gasteiger partial charge in [0, 0.05) is 53.9 Å². The van der Waals surface area contributed by atoms with Gasteiger partial charge in [0.05, 0.1) is 0 Å². The van der Waals surface area contributed by atoms with Crippen LogP contribution in [0, 0.1) is 0 Å². The summed E-state index contributed by atoms with van der Waals surface area (Å²) >= 11 is 0. The van der Waals surface area contributed by atoms with Gasteiger partial charge in [-0.15, -0.1) is 0 Å². The third kappa shape index (κ3) is 3.80. The van der Waals surface area contributed by atoms with Crippen LogP contribution in [0.25, 0.3) is 132 Å². The van der Waals surface area contributed by atoms with Crippen LogP contribution in [-0.4, -0.2) is 0 Å². The van der Waals surface area contributed by atoms with Gasteiger partial charge in [0.1, 0.15) is 55.8 Å². The maximum Gasteiger partial charge on any atom is 0.136 e. The first-order chi connectivity index (χ1) is 26.2. The number of para-hydroxylation sites is 2. The minimum atomic E-state index is 0.851. The van der Waals surface area contributed by atoms with E-state index in [9.17, 15) is 0 Å². The Bertz CT molecular complexity index is 3450. The van der Waals surface area contributed by atoms with Crippen LogP contribution in [0.3, 0.4) is 0 Å². The Labute approximate surface area is 298 Å². The molecule has 0 bridgehead atoms. The lowest BCUT2D eigenvalue weighted by molar-refractivity contribution is 0.664. The molecule has 0 fully saturated rings. The van der Waals surface area contributed by atoms with Gasteiger partial charge in [-0.3, -0.25) is 0 Å². The smallest absolute Gasteiger partial charge is 0.136 e. The lowest BCUT2D eigenvalue weighted by atomic mass is 9.98. The van der Waals surface area contributed by atoms with E-state index in [4.69, 9.17) is 22.1 Å². The molecule has 0 spiro atoms. The minimum Gasteiger partial charge on any atom is -0.456 e. The first-order valence-corrected chi connectivity index (χ1v) is 17.7. The van der Waals surface area contributed by atoms with Crippen LogP contribution in [0.5, 0.6) is 0 Å². The zero-order chi connectivity index (χ0) is 34.4.